The second-order valence-electron chi connectivity index (χ2n) is 4.04. The number of halogens is 4. The largest absolute Gasteiger partial charge is 0.481 e. The normalized spacial score (nSPS) is 10.3. The lowest BCUT2D eigenvalue weighted by molar-refractivity contribution is -0.118. The molecule has 0 aliphatic carbocycles. The van der Waals surface area contributed by atoms with E-state index in [0.717, 1.165) is 12.1 Å². The number of rotatable bonds is 4. The number of nitrogens with one attached hydrogen (secondary N) is 1. The fourth-order valence-electron chi connectivity index (χ4n) is 1.51. The minimum absolute atomic E-state index is 0.104. The van der Waals surface area contributed by atoms with Gasteiger partial charge < -0.3 is 10.1 Å². The fourth-order valence-corrected chi connectivity index (χ4v) is 1.85. The molecule has 1 amide bonds. The number of carbonyl (C=O) groups excluding carboxylic acids is 1. The van der Waals surface area contributed by atoms with Crippen molar-refractivity contribution < 1.29 is 22.7 Å². The van der Waals surface area contributed by atoms with Crippen LogP contribution in [0.4, 0.5) is 18.9 Å². The third-order valence-corrected chi connectivity index (χ3v) is 2.95. The molecule has 0 heterocycles. The summed E-state index contributed by atoms with van der Waals surface area (Å²) < 4.78 is 45.0. The maximum Gasteiger partial charge on any atom is 0.262 e. The average molecular weight is 360 g/mol. The van der Waals surface area contributed by atoms with Gasteiger partial charge in [-0.1, -0.05) is 15.9 Å². The first-order valence-electron chi connectivity index (χ1n) is 5.78. The van der Waals surface area contributed by atoms with Crippen LogP contribution in [0.15, 0.2) is 40.9 Å². The van der Waals surface area contributed by atoms with Gasteiger partial charge in [0.15, 0.2) is 18.2 Å². The topological polar surface area (TPSA) is 38.3 Å². The van der Waals surface area contributed by atoms with Gasteiger partial charge in [-0.05, 0) is 30.3 Å². The van der Waals surface area contributed by atoms with Gasteiger partial charge in [0, 0.05) is 10.5 Å². The molecule has 0 saturated heterocycles. The van der Waals surface area contributed by atoms with Crippen molar-refractivity contribution in [2.45, 2.75) is 0 Å². The minimum Gasteiger partial charge on any atom is -0.481 e. The van der Waals surface area contributed by atoms with E-state index in [1.807, 2.05) is 0 Å². The molecule has 0 radical (unpaired) electrons. The Morgan fingerprint density at radius 2 is 1.86 bits per heavy atom. The Bertz CT molecular complexity index is 679. The SMILES string of the molecule is O=C(COc1ccc(Br)cc1F)Nc1ccc(F)cc1F. The van der Waals surface area contributed by atoms with Gasteiger partial charge in [0.2, 0.25) is 0 Å². The van der Waals surface area contributed by atoms with Crippen LogP contribution in [-0.2, 0) is 4.79 Å². The molecule has 7 heteroatoms. The lowest BCUT2D eigenvalue weighted by Gasteiger charge is -2.09. The number of ether oxygens (including phenoxy) is 1. The molecular weight excluding hydrogens is 351 g/mol. The quantitative estimate of drug-likeness (QED) is 0.899. The van der Waals surface area contributed by atoms with Crippen LogP contribution in [0, 0.1) is 17.5 Å². The summed E-state index contributed by atoms with van der Waals surface area (Å²) in [5.41, 5.74) is -0.179. The zero-order valence-corrected chi connectivity index (χ0v) is 12.1. The predicted octanol–water partition coefficient (Wildman–Crippen LogP) is 3.88. The summed E-state index contributed by atoms with van der Waals surface area (Å²) in [6, 6.07) is 6.83. The zero-order chi connectivity index (χ0) is 15.4. The van der Waals surface area contributed by atoms with E-state index in [9.17, 15) is 18.0 Å². The molecule has 0 aliphatic heterocycles. The Labute approximate surface area is 126 Å². The van der Waals surface area contributed by atoms with E-state index < -0.39 is 30.0 Å². The van der Waals surface area contributed by atoms with E-state index in [4.69, 9.17) is 4.74 Å². The summed E-state index contributed by atoms with van der Waals surface area (Å²) in [6.07, 6.45) is 0. The highest BCUT2D eigenvalue weighted by molar-refractivity contribution is 9.10. The van der Waals surface area contributed by atoms with Crippen molar-refractivity contribution in [3.8, 4) is 5.75 Å². The number of carbonyl (C=O) groups is 1. The molecule has 0 aromatic heterocycles. The number of amides is 1. The van der Waals surface area contributed by atoms with Gasteiger partial charge in [0.25, 0.3) is 5.91 Å². The van der Waals surface area contributed by atoms with E-state index in [1.54, 1.807) is 6.07 Å². The highest BCUT2D eigenvalue weighted by atomic mass is 79.9. The van der Waals surface area contributed by atoms with Gasteiger partial charge in [0.1, 0.15) is 11.6 Å². The molecule has 0 fully saturated rings. The molecule has 0 unspecified atom stereocenters. The lowest BCUT2D eigenvalue weighted by atomic mass is 10.3. The monoisotopic (exact) mass is 359 g/mol. The lowest BCUT2D eigenvalue weighted by Crippen LogP contribution is -2.21. The third-order valence-electron chi connectivity index (χ3n) is 2.46. The predicted molar refractivity (Wildman–Crippen MR) is 74.6 cm³/mol. The summed E-state index contributed by atoms with van der Waals surface area (Å²) in [7, 11) is 0. The van der Waals surface area contributed by atoms with Crippen molar-refractivity contribution in [1.82, 2.24) is 0 Å². The van der Waals surface area contributed by atoms with Crippen LogP contribution < -0.4 is 10.1 Å². The van der Waals surface area contributed by atoms with Gasteiger partial charge in [-0.15, -0.1) is 0 Å². The van der Waals surface area contributed by atoms with Gasteiger partial charge >= 0.3 is 0 Å². The second kappa shape index (κ2) is 6.62. The van der Waals surface area contributed by atoms with Crippen LogP contribution in [0.2, 0.25) is 0 Å². The number of benzene rings is 2. The summed E-state index contributed by atoms with van der Waals surface area (Å²) in [5, 5.41) is 2.20. The van der Waals surface area contributed by atoms with E-state index in [-0.39, 0.29) is 11.4 Å². The maximum absolute atomic E-state index is 13.4. The molecule has 21 heavy (non-hydrogen) atoms. The van der Waals surface area contributed by atoms with Crippen LogP contribution in [0.25, 0.3) is 0 Å². The molecule has 0 spiro atoms. The van der Waals surface area contributed by atoms with Crippen molar-refractivity contribution >= 4 is 27.5 Å². The van der Waals surface area contributed by atoms with Crippen LogP contribution in [-0.4, -0.2) is 12.5 Å². The van der Waals surface area contributed by atoms with Gasteiger partial charge in [0.05, 0.1) is 5.69 Å². The van der Waals surface area contributed by atoms with Gasteiger partial charge in [-0.25, -0.2) is 13.2 Å². The molecule has 2 rings (SSSR count). The Balaban J connectivity index is 1.96. The van der Waals surface area contributed by atoms with Crippen molar-refractivity contribution in [2.24, 2.45) is 0 Å². The molecule has 110 valence electrons. The number of anilines is 1. The molecule has 1 N–H and O–H groups in total. The van der Waals surface area contributed by atoms with Crippen molar-refractivity contribution in [2.75, 3.05) is 11.9 Å². The molecule has 0 bridgehead atoms. The van der Waals surface area contributed by atoms with E-state index in [2.05, 4.69) is 21.2 Å². The summed E-state index contributed by atoms with van der Waals surface area (Å²) in [4.78, 5) is 11.6. The summed E-state index contributed by atoms with van der Waals surface area (Å²) >= 11 is 3.09. The van der Waals surface area contributed by atoms with Gasteiger partial charge in [-0.3, -0.25) is 4.79 Å². The van der Waals surface area contributed by atoms with Crippen molar-refractivity contribution in [3.63, 3.8) is 0 Å². The molecule has 0 atom stereocenters. The molecule has 2 aromatic rings. The third kappa shape index (κ3) is 4.22. The van der Waals surface area contributed by atoms with Gasteiger partial charge in [-0.2, -0.15) is 0 Å². The molecule has 0 saturated carbocycles. The molecular formula is C14H9BrF3NO2. The van der Waals surface area contributed by atoms with Crippen LogP contribution >= 0.6 is 15.9 Å². The molecule has 3 nitrogen and oxygen atoms in total. The smallest absolute Gasteiger partial charge is 0.262 e. The Morgan fingerprint density at radius 3 is 2.52 bits per heavy atom. The standard InChI is InChI=1S/C14H9BrF3NO2/c15-8-1-4-13(11(18)5-8)21-7-14(20)19-12-3-2-9(16)6-10(12)17/h1-6H,7H2,(H,19,20). The Morgan fingerprint density at radius 1 is 1.10 bits per heavy atom. The van der Waals surface area contributed by atoms with Crippen molar-refractivity contribution in [1.29, 1.82) is 0 Å². The zero-order valence-electron chi connectivity index (χ0n) is 10.5. The molecule has 2 aromatic carbocycles. The van der Waals surface area contributed by atoms with E-state index in [0.29, 0.717) is 10.5 Å². The van der Waals surface area contributed by atoms with Crippen LogP contribution in [0.1, 0.15) is 0 Å². The number of hydrogen-bond acceptors (Lipinski definition) is 2. The first-order valence-corrected chi connectivity index (χ1v) is 6.58. The Kier molecular flexibility index (Phi) is 4.85. The van der Waals surface area contributed by atoms with Crippen LogP contribution in [0.5, 0.6) is 5.75 Å². The highest BCUT2D eigenvalue weighted by Crippen LogP contribution is 2.21. The minimum atomic E-state index is -0.904. The fraction of sp³-hybridized carbons (Fsp3) is 0.0714. The highest BCUT2D eigenvalue weighted by Gasteiger charge is 2.10. The van der Waals surface area contributed by atoms with Crippen LogP contribution in [0.3, 0.4) is 0 Å². The summed E-state index contributed by atoms with van der Waals surface area (Å²) in [6.45, 7) is -0.505. The Hall–Kier alpha value is -2.02. The van der Waals surface area contributed by atoms with Crippen molar-refractivity contribution in [3.05, 3.63) is 58.3 Å². The molecule has 0 aliphatic rings. The maximum atomic E-state index is 13.4. The first-order chi connectivity index (χ1) is 9.95. The van der Waals surface area contributed by atoms with E-state index >= 15 is 0 Å². The number of hydrogen-bond donors (Lipinski definition) is 1. The van der Waals surface area contributed by atoms with E-state index in [1.165, 1.54) is 12.1 Å². The summed E-state index contributed by atoms with van der Waals surface area (Å²) in [5.74, 6) is -3.09. The first kappa shape index (κ1) is 15.4. The second-order valence-corrected chi connectivity index (χ2v) is 4.95. The average Bonchev–Trinajstić information content (AvgIpc) is 2.41.